The molecule has 0 radical (unpaired) electrons. The zero-order valence-electron chi connectivity index (χ0n) is 17.1. The van der Waals surface area contributed by atoms with E-state index in [2.05, 4.69) is 35.9 Å². The number of aliphatic imine (C=N–C) groups is 4. The highest BCUT2D eigenvalue weighted by Crippen LogP contribution is 2.25. The van der Waals surface area contributed by atoms with E-state index in [4.69, 9.17) is 17.2 Å². The van der Waals surface area contributed by atoms with Crippen LogP contribution in [0.4, 0.5) is 0 Å². The van der Waals surface area contributed by atoms with Crippen LogP contribution in [0, 0.1) is 11.8 Å². The maximum atomic E-state index is 6.05. The first kappa shape index (κ1) is 21.8. The molecule has 2 rings (SSSR count). The maximum absolute atomic E-state index is 6.05. The van der Waals surface area contributed by atoms with Crippen LogP contribution in [-0.4, -0.2) is 57.1 Å². The monoisotopic (exact) mass is 392 g/mol. The molecule has 0 heterocycles. The van der Waals surface area contributed by atoms with Crippen LogP contribution in [0.15, 0.2) is 20.0 Å². The van der Waals surface area contributed by atoms with Crippen molar-refractivity contribution in [1.82, 2.24) is 16.0 Å². The fraction of sp³-hybridized carbons (Fsp3) is 0.778. The molecule has 0 aromatic heterocycles. The first-order chi connectivity index (χ1) is 13.5. The molecule has 0 aliphatic heterocycles. The minimum Gasteiger partial charge on any atom is -0.370 e. The van der Waals surface area contributed by atoms with Crippen LogP contribution < -0.4 is 33.2 Å². The highest BCUT2D eigenvalue weighted by molar-refractivity contribution is 5.98. The lowest BCUT2D eigenvalue weighted by atomic mass is 10.0. The van der Waals surface area contributed by atoms with Gasteiger partial charge in [0.1, 0.15) is 0 Å². The lowest BCUT2D eigenvalue weighted by Crippen LogP contribution is -2.50. The summed E-state index contributed by atoms with van der Waals surface area (Å²) in [6.07, 6.45) is 8.43. The summed E-state index contributed by atoms with van der Waals surface area (Å²) >= 11 is 0. The second kappa shape index (κ2) is 11.4. The summed E-state index contributed by atoms with van der Waals surface area (Å²) in [6.45, 7) is 1.51. The Bertz CT molecular complexity index is 599. The minimum atomic E-state index is -0.00818. The third-order valence-corrected chi connectivity index (χ3v) is 5.42. The van der Waals surface area contributed by atoms with Gasteiger partial charge < -0.3 is 27.8 Å². The molecule has 2 aliphatic carbocycles. The first-order valence-electron chi connectivity index (χ1n) is 10.1. The van der Waals surface area contributed by atoms with Crippen molar-refractivity contribution < 1.29 is 0 Å². The lowest BCUT2D eigenvalue weighted by molar-refractivity contribution is 0.440. The highest BCUT2D eigenvalue weighted by atomic mass is 15.2. The van der Waals surface area contributed by atoms with Crippen LogP contribution in [0.2, 0.25) is 0 Å². The van der Waals surface area contributed by atoms with Gasteiger partial charge in [0.2, 0.25) is 5.96 Å². The third-order valence-electron chi connectivity index (χ3n) is 5.42. The number of hydrogen-bond acceptors (Lipinski definition) is 3. The largest absolute Gasteiger partial charge is 0.370 e. The summed E-state index contributed by atoms with van der Waals surface area (Å²) in [4.78, 5) is 16.8. The van der Waals surface area contributed by atoms with Gasteiger partial charge in [-0.1, -0.05) is 19.3 Å². The van der Waals surface area contributed by atoms with E-state index >= 15 is 0 Å². The minimum absolute atomic E-state index is 0.00818. The number of guanidine groups is 4. The molecule has 28 heavy (non-hydrogen) atoms. The Morgan fingerprint density at radius 2 is 1.71 bits per heavy atom. The summed E-state index contributed by atoms with van der Waals surface area (Å²) < 4.78 is 0. The Kier molecular flexibility index (Phi) is 8.83. The quantitative estimate of drug-likeness (QED) is 0.277. The SMILES string of the molecule is CN=C(N=C(N)N)NCC1CCCC1NC(=NC)NC(N)=NCC1CCCC1. The molecule has 2 unspecified atom stereocenters. The summed E-state index contributed by atoms with van der Waals surface area (Å²) in [5, 5.41) is 9.79. The average Bonchev–Trinajstić information content (AvgIpc) is 3.34. The number of nitrogens with two attached hydrogens (primary N) is 3. The summed E-state index contributed by atoms with van der Waals surface area (Å²) in [5.74, 6) is 2.57. The highest BCUT2D eigenvalue weighted by Gasteiger charge is 2.28. The standard InChI is InChI=1S/C18H36N10/c1-22-17(27-15(19)20)25-11-13-8-5-9-14(13)26-18(23-2)28-16(21)24-10-12-6-3-4-7-12/h12-14H,3-11H2,1-2H3,(H5,19,20,22,25,27)(H4,21,23,24,26,28). The van der Waals surface area contributed by atoms with Crippen molar-refractivity contribution >= 4 is 23.8 Å². The molecule has 10 heteroatoms. The number of rotatable bonds is 5. The van der Waals surface area contributed by atoms with Gasteiger partial charge in [-0.2, -0.15) is 4.99 Å². The number of nitrogens with zero attached hydrogens (tertiary/aromatic N) is 4. The van der Waals surface area contributed by atoms with Gasteiger partial charge in [0, 0.05) is 33.2 Å². The molecule has 0 aromatic rings. The fourth-order valence-corrected chi connectivity index (χ4v) is 3.90. The molecule has 0 saturated heterocycles. The van der Waals surface area contributed by atoms with Crippen molar-refractivity contribution in [3.05, 3.63) is 0 Å². The number of nitrogens with one attached hydrogen (secondary N) is 3. The number of hydrogen-bond donors (Lipinski definition) is 6. The lowest BCUT2D eigenvalue weighted by Gasteiger charge is -2.23. The van der Waals surface area contributed by atoms with Crippen molar-refractivity contribution in [1.29, 1.82) is 0 Å². The molecule has 0 spiro atoms. The van der Waals surface area contributed by atoms with E-state index in [1.165, 1.54) is 25.7 Å². The van der Waals surface area contributed by atoms with Gasteiger partial charge >= 0.3 is 0 Å². The second-order valence-corrected chi connectivity index (χ2v) is 7.48. The van der Waals surface area contributed by atoms with Crippen LogP contribution in [0.5, 0.6) is 0 Å². The Balaban J connectivity index is 1.83. The third kappa shape index (κ3) is 7.24. The van der Waals surface area contributed by atoms with E-state index in [9.17, 15) is 0 Å². The Morgan fingerprint density at radius 3 is 2.36 bits per heavy atom. The van der Waals surface area contributed by atoms with E-state index < -0.39 is 0 Å². The van der Waals surface area contributed by atoms with Crippen LogP contribution in [0.25, 0.3) is 0 Å². The van der Waals surface area contributed by atoms with Crippen LogP contribution in [-0.2, 0) is 0 Å². The molecule has 2 aliphatic rings. The molecule has 0 aromatic carbocycles. The van der Waals surface area contributed by atoms with Crippen molar-refractivity contribution in [3.63, 3.8) is 0 Å². The molecule has 2 saturated carbocycles. The average molecular weight is 393 g/mol. The topological polar surface area (TPSA) is 164 Å². The predicted molar refractivity (Wildman–Crippen MR) is 116 cm³/mol. The summed E-state index contributed by atoms with van der Waals surface area (Å²) in [6, 6.07) is 0.277. The van der Waals surface area contributed by atoms with Gasteiger partial charge in [-0.05, 0) is 37.5 Å². The molecule has 9 N–H and O–H groups in total. The fourth-order valence-electron chi connectivity index (χ4n) is 3.90. The molecule has 2 atom stereocenters. The van der Waals surface area contributed by atoms with Gasteiger partial charge in [0.15, 0.2) is 17.9 Å². The van der Waals surface area contributed by atoms with E-state index in [0.29, 0.717) is 29.7 Å². The first-order valence-corrected chi connectivity index (χ1v) is 10.1. The molecule has 0 amide bonds. The zero-order valence-corrected chi connectivity index (χ0v) is 17.1. The van der Waals surface area contributed by atoms with E-state index in [1.807, 2.05) is 0 Å². The van der Waals surface area contributed by atoms with Gasteiger partial charge in [-0.3, -0.25) is 20.3 Å². The molecular weight excluding hydrogens is 356 g/mol. The molecule has 0 bridgehead atoms. The van der Waals surface area contributed by atoms with E-state index in [-0.39, 0.29) is 12.0 Å². The smallest absolute Gasteiger partial charge is 0.220 e. The Labute approximate surface area is 167 Å². The van der Waals surface area contributed by atoms with Gasteiger partial charge in [-0.25, -0.2) is 0 Å². The molecule has 2 fully saturated rings. The summed E-state index contributed by atoms with van der Waals surface area (Å²) in [5.41, 5.74) is 16.9. The second-order valence-electron chi connectivity index (χ2n) is 7.48. The van der Waals surface area contributed by atoms with Gasteiger partial charge in [-0.15, -0.1) is 0 Å². The van der Waals surface area contributed by atoms with Crippen molar-refractivity contribution in [2.24, 2.45) is 49.0 Å². The van der Waals surface area contributed by atoms with E-state index in [0.717, 1.165) is 32.4 Å². The molecule has 158 valence electrons. The van der Waals surface area contributed by atoms with Crippen LogP contribution in [0.1, 0.15) is 44.9 Å². The van der Waals surface area contributed by atoms with Crippen molar-refractivity contribution in [2.75, 3.05) is 27.2 Å². The zero-order chi connectivity index (χ0) is 20.4. The normalized spacial score (nSPS) is 24.3. The molecule has 10 nitrogen and oxygen atoms in total. The van der Waals surface area contributed by atoms with Crippen molar-refractivity contribution in [2.45, 2.75) is 51.0 Å². The Morgan fingerprint density at radius 1 is 0.964 bits per heavy atom. The van der Waals surface area contributed by atoms with E-state index in [1.54, 1.807) is 14.1 Å². The van der Waals surface area contributed by atoms with Gasteiger partial charge in [0.25, 0.3) is 0 Å². The molecular formula is C18H36N10. The van der Waals surface area contributed by atoms with Crippen LogP contribution in [0.3, 0.4) is 0 Å². The Hall–Kier alpha value is -2.52. The predicted octanol–water partition coefficient (Wildman–Crippen LogP) is -0.326. The van der Waals surface area contributed by atoms with Crippen LogP contribution >= 0.6 is 0 Å². The van der Waals surface area contributed by atoms with Gasteiger partial charge in [0.05, 0.1) is 0 Å². The summed E-state index contributed by atoms with van der Waals surface area (Å²) in [7, 11) is 3.39. The van der Waals surface area contributed by atoms with Crippen molar-refractivity contribution in [3.8, 4) is 0 Å². The maximum Gasteiger partial charge on any atom is 0.220 e.